The Morgan fingerprint density at radius 3 is 2.69 bits per heavy atom. The van der Waals surface area contributed by atoms with E-state index in [-0.39, 0.29) is 16.6 Å². The van der Waals surface area contributed by atoms with Gasteiger partial charge in [-0.15, -0.1) is 0 Å². The molecule has 0 atom stereocenters. The van der Waals surface area contributed by atoms with E-state index in [9.17, 15) is 17.6 Å². The Hall–Kier alpha value is -3.13. The number of rotatable bonds is 4. The number of hydrogen-bond donors (Lipinski definition) is 1. The topological polar surface area (TPSA) is 79.6 Å². The molecule has 6 nitrogen and oxygen atoms in total. The predicted molar refractivity (Wildman–Crippen MR) is 106 cm³/mol. The number of nitrogens with one attached hydrogen (secondary N) is 1. The van der Waals surface area contributed by atoms with Gasteiger partial charge in [-0.25, -0.2) is 12.8 Å². The number of anilines is 1. The van der Waals surface area contributed by atoms with Crippen molar-refractivity contribution in [1.82, 2.24) is 4.90 Å². The summed E-state index contributed by atoms with van der Waals surface area (Å²) in [5.41, 5.74) is 2.65. The van der Waals surface area contributed by atoms with Gasteiger partial charge in [0.2, 0.25) is 0 Å². The minimum atomic E-state index is -3.86. The zero-order valence-electron chi connectivity index (χ0n) is 15.7. The summed E-state index contributed by atoms with van der Waals surface area (Å²) in [7, 11) is -3.86. The quantitative estimate of drug-likeness (QED) is 0.706. The van der Waals surface area contributed by atoms with Crippen molar-refractivity contribution >= 4 is 21.6 Å². The van der Waals surface area contributed by atoms with Crippen molar-refractivity contribution in [2.75, 3.05) is 11.3 Å². The lowest BCUT2D eigenvalue weighted by Crippen LogP contribution is -2.35. The Morgan fingerprint density at radius 2 is 1.97 bits per heavy atom. The molecule has 0 saturated heterocycles. The number of benzene rings is 2. The first-order valence-electron chi connectivity index (χ1n) is 9.07. The molecule has 1 aliphatic rings. The van der Waals surface area contributed by atoms with Crippen molar-refractivity contribution in [2.45, 2.75) is 24.8 Å². The first kappa shape index (κ1) is 19.2. The Labute approximate surface area is 168 Å². The Bertz CT molecular complexity index is 1170. The van der Waals surface area contributed by atoms with Crippen LogP contribution >= 0.6 is 0 Å². The third kappa shape index (κ3) is 3.88. The summed E-state index contributed by atoms with van der Waals surface area (Å²) < 4.78 is 46.5. The van der Waals surface area contributed by atoms with Crippen LogP contribution in [-0.2, 0) is 23.0 Å². The smallest absolute Gasteiger partial charge is 0.289 e. The second kappa shape index (κ2) is 7.36. The van der Waals surface area contributed by atoms with E-state index in [2.05, 4.69) is 4.72 Å². The SMILES string of the molecule is Cc1cc(F)ccc1S(=O)(=O)Nc1ccc2c(c1)CN(C(=O)c1ccco1)CC2. The van der Waals surface area contributed by atoms with Gasteiger partial charge in [-0.2, -0.15) is 0 Å². The first-order chi connectivity index (χ1) is 13.8. The molecule has 8 heteroatoms. The molecule has 1 aromatic heterocycles. The van der Waals surface area contributed by atoms with Gasteiger partial charge in [0.25, 0.3) is 15.9 Å². The molecular weight excluding hydrogens is 395 g/mol. The van der Waals surface area contributed by atoms with Crippen molar-refractivity contribution in [3.8, 4) is 0 Å². The molecule has 0 radical (unpaired) electrons. The molecule has 4 rings (SSSR count). The molecule has 1 aliphatic heterocycles. The number of fused-ring (bicyclic) bond motifs is 1. The monoisotopic (exact) mass is 414 g/mol. The van der Waals surface area contributed by atoms with E-state index in [1.807, 2.05) is 6.07 Å². The molecule has 0 spiro atoms. The fourth-order valence-corrected chi connectivity index (χ4v) is 4.75. The summed E-state index contributed by atoms with van der Waals surface area (Å²) in [6, 6.07) is 12.1. The van der Waals surface area contributed by atoms with Crippen LogP contribution in [0.25, 0.3) is 0 Å². The third-order valence-corrected chi connectivity index (χ3v) is 6.46. The number of furan rings is 1. The van der Waals surface area contributed by atoms with Crippen molar-refractivity contribution in [3.63, 3.8) is 0 Å². The van der Waals surface area contributed by atoms with Crippen LogP contribution in [-0.4, -0.2) is 25.8 Å². The standard InChI is InChI=1S/C21H19FN2O4S/c1-14-11-17(22)5-7-20(14)29(26,27)23-18-6-4-15-8-9-24(13-16(15)12-18)21(25)19-3-2-10-28-19/h2-7,10-12,23H,8-9,13H2,1H3. The summed E-state index contributed by atoms with van der Waals surface area (Å²) in [5, 5.41) is 0. The number of carbonyl (C=O) groups excluding carboxylic acids is 1. The molecule has 0 saturated carbocycles. The van der Waals surface area contributed by atoms with Crippen molar-refractivity contribution in [1.29, 1.82) is 0 Å². The minimum Gasteiger partial charge on any atom is -0.459 e. The number of amides is 1. The molecule has 1 N–H and O–H groups in total. The van der Waals surface area contributed by atoms with Crippen molar-refractivity contribution in [3.05, 3.63) is 83.1 Å². The van der Waals surface area contributed by atoms with Gasteiger partial charge in [0, 0.05) is 18.8 Å². The van der Waals surface area contributed by atoms with Crippen LogP contribution < -0.4 is 4.72 Å². The highest BCUT2D eigenvalue weighted by Gasteiger charge is 2.24. The van der Waals surface area contributed by atoms with Gasteiger partial charge in [0.15, 0.2) is 5.76 Å². The van der Waals surface area contributed by atoms with E-state index in [1.54, 1.807) is 36.1 Å². The molecule has 0 aliphatic carbocycles. The zero-order valence-corrected chi connectivity index (χ0v) is 16.5. The zero-order chi connectivity index (χ0) is 20.6. The number of nitrogens with zero attached hydrogens (tertiary/aromatic N) is 1. The second-order valence-corrected chi connectivity index (χ2v) is 8.60. The van der Waals surface area contributed by atoms with Gasteiger partial charge in [0.05, 0.1) is 11.2 Å². The fourth-order valence-electron chi connectivity index (χ4n) is 3.47. The number of aryl methyl sites for hydroxylation is 1. The summed E-state index contributed by atoms with van der Waals surface area (Å²) in [6.45, 7) is 2.47. The molecule has 1 amide bonds. The van der Waals surface area contributed by atoms with Crippen LogP contribution in [0.1, 0.15) is 27.2 Å². The average molecular weight is 414 g/mol. The molecule has 0 unspecified atom stereocenters. The molecule has 0 bridgehead atoms. The van der Waals surface area contributed by atoms with E-state index in [0.29, 0.717) is 30.8 Å². The van der Waals surface area contributed by atoms with E-state index >= 15 is 0 Å². The van der Waals surface area contributed by atoms with Crippen LogP contribution in [0.2, 0.25) is 0 Å². The predicted octanol–water partition coefficient (Wildman–Crippen LogP) is 3.73. The Morgan fingerprint density at radius 1 is 1.14 bits per heavy atom. The maximum absolute atomic E-state index is 13.3. The lowest BCUT2D eigenvalue weighted by molar-refractivity contribution is 0.0702. The van der Waals surface area contributed by atoms with Gasteiger partial charge in [-0.1, -0.05) is 6.07 Å². The highest BCUT2D eigenvalue weighted by molar-refractivity contribution is 7.92. The number of carbonyl (C=O) groups is 1. The third-order valence-electron chi connectivity index (χ3n) is 4.92. The average Bonchev–Trinajstić information content (AvgIpc) is 3.21. The van der Waals surface area contributed by atoms with Crippen LogP contribution in [0, 0.1) is 12.7 Å². The van der Waals surface area contributed by atoms with Crippen molar-refractivity contribution < 1.29 is 22.0 Å². The number of halogens is 1. The van der Waals surface area contributed by atoms with Crippen LogP contribution in [0.3, 0.4) is 0 Å². The van der Waals surface area contributed by atoms with Crippen LogP contribution in [0.4, 0.5) is 10.1 Å². The number of hydrogen-bond acceptors (Lipinski definition) is 4. The van der Waals surface area contributed by atoms with E-state index in [4.69, 9.17) is 4.42 Å². The van der Waals surface area contributed by atoms with E-state index < -0.39 is 15.8 Å². The second-order valence-electron chi connectivity index (χ2n) is 6.95. The molecule has 3 aromatic rings. The largest absolute Gasteiger partial charge is 0.459 e. The minimum absolute atomic E-state index is 0.0197. The molecule has 2 heterocycles. The van der Waals surface area contributed by atoms with Crippen LogP contribution in [0.5, 0.6) is 0 Å². The fraction of sp³-hybridized carbons (Fsp3) is 0.190. The molecular formula is C21H19FN2O4S. The molecule has 150 valence electrons. The highest BCUT2D eigenvalue weighted by atomic mass is 32.2. The maximum atomic E-state index is 13.3. The maximum Gasteiger partial charge on any atom is 0.289 e. The van der Waals surface area contributed by atoms with Crippen molar-refractivity contribution in [2.24, 2.45) is 0 Å². The number of sulfonamides is 1. The van der Waals surface area contributed by atoms with E-state index in [1.165, 1.54) is 18.4 Å². The normalized spacial score (nSPS) is 13.8. The van der Waals surface area contributed by atoms with Gasteiger partial charge in [-0.05, 0) is 72.5 Å². The lowest BCUT2D eigenvalue weighted by atomic mass is 9.99. The Balaban J connectivity index is 1.57. The van der Waals surface area contributed by atoms with E-state index in [0.717, 1.165) is 17.2 Å². The van der Waals surface area contributed by atoms with Crippen LogP contribution in [0.15, 0.2) is 64.1 Å². The molecule has 29 heavy (non-hydrogen) atoms. The van der Waals surface area contributed by atoms with Gasteiger partial charge < -0.3 is 9.32 Å². The summed E-state index contributed by atoms with van der Waals surface area (Å²) in [4.78, 5) is 14.2. The lowest BCUT2D eigenvalue weighted by Gasteiger charge is -2.28. The molecule has 2 aromatic carbocycles. The van der Waals surface area contributed by atoms with Gasteiger partial charge in [-0.3, -0.25) is 9.52 Å². The summed E-state index contributed by atoms with van der Waals surface area (Å²) in [5.74, 6) is -0.415. The summed E-state index contributed by atoms with van der Waals surface area (Å²) >= 11 is 0. The van der Waals surface area contributed by atoms with Gasteiger partial charge >= 0.3 is 0 Å². The first-order valence-corrected chi connectivity index (χ1v) is 10.6. The summed E-state index contributed by atoms with van der Waals surface area (Å²) in [6.07, 6.45) is 2.13. The highest BCUT2D eigenvalue weighted by Crippen LogP contribution is 2.26. The Kier molecular flexibility index (Phi) is 4.87. The van der Waals surface area contributed by atoms with Gasteiger partial charge in [0.1, 0.15) is 5.82 Å². The molecule has 0 fully saturated rings.